The minimum absolute atomic E-state index is 0.0949. The topological polar surface area (TPSA) is 90.0 Å². The van der Waals surface area contributed by atoms with Crippen LogP contribution in [0.25, 0.3) is 5.69 Å². The fourth-order valence-corrected chi connectivity index (χ4v) is 2.89. The lowest BCUT2D eigenvalue weighted by Gasteiger charge is -2.12. The van der Waals surface area contributed by atoms with Gasteiger partial charge in [-0.2, -0.15) is 0 Å². The number of nitrogens with one attached hydrogen (secondary N) is 1. The Morgan fingerprint density at radius 1 is 1.12 bits per heavy atom. The molecule has 3 rings (SSSR count). The van der Waals surface area contributed by atoms with E-state index in [0.717, 1.165) is 10.9 Å². The van der Waals surface area contributed by atoms with E-state index >= 15 is 0 Å². The molecule has 0 saturated carbocycles. The van der Waals surface area contributed by atoms with E-state index in [-0.39, 0.29) is 27.2 Å². The predicted molar refractivity (Wildman–Crippen MR) is 98.6 cm³/mol. The highest BCUT2D eigenvalue weighted by atomic mass is 35.5. The van der Waals surface area contributed by atoms with Gasteiger partial charge in [-0.3, -0.25) is 14.2 Å². The number of rotatable bonds is 3. The Labute approximate surface area is 157 Å². The minimum Gasteiger partial charge on any atom is -0.383 e. The number of carbonyl (C=O) groups excluding carboxylic acids is 1. The third-order valence-electron chi connectivity index (χ3n) is 3.53. The lowest BCUT2D eigenvalue weighted by Crippen LogP contribution is -2.31. The molecule has 0 atom stereocenters. The predicted octanol–water partition coefficient (Wildman–Crippen LogP) is 3.51. The molecule has 2 aromatic carbocycles. The summed E-state index contributed by atoms with van der Waals surface area (Å²) < 4.78 is 14.7. The second kappa shape index (κ2) is 7.15. The highest BCUT2D eigenvalue weighted by Gasteiger charge is 2.21. The van der Waals surface area contributed by atoms with Crippen molar-refractivity contribution in [2.45, 2.75) is 0 Å². The number of amides is 1. The fourth-order valence-electron chi connectivity index (χ4n) is 2.31. The lowest BCUT2D eigenvalue weighted by atomic mass is 10.2. The number of carbonyl (C=O) groups is 1. The second-order valence-electron chi connectivity index (χ2n) is 5.18. The maximum absolute atomic E-state index is 13.7. The van der Waals surface area contributed by atoms with Crippen LogP contribution < -0.4 is 16.6 Å². The molecule has 0 radical (unpaired) electrons. The summed E-state index contributed by atoms with van der Waals surface area (Å²) >= 11 is 12.2. The Morgan fingerprint density at radius 3 is 2.42 bits per heavy atom. The number of aromatic nitrogens is 2. The van der Waals surface area contributed by atoms with E-state index in [2.05, 4.69) is 10.3 Å². The summed E-state index contributed by atoms with van der Waals surface area (Å²) in [5.41, 5.74) is 4.52. The van der Waals surface area contributed by atoms with E-state index in [4.69, 9.17) is 28.9 Å². The summed E-state index contributed by atoms with van der Waals surface area (Å²) in [4.78, 5) is 29.1. The van der Waals surface area contributed by atoms with Gasteiger partial charge in [-0.25, -0.2) is 9.37 Å². The van der Waals surface area contributed by atoms with Gasteiger partial charge in [0.15, 0.2) is 0 Å². The van der Waals surface area contributed by atoms with Crippen LogP contribution in [0.15, 0.2) is 53.6 Å². The Bertz CT molecular complexity index is 1050. The zero-order chi connectivity index (χ0) is 18.8. The van der Waals surface area contributed by atoms with Crippen LogP contribution in [0.5, 0.6) is 0 Å². The first-order valence-corrected chi connectivity index (χ1v) is 8.03. The molecule has 0 fully saturated rings. The van der Waals surface area contributed by atoms with Crippen LogP contribution >= 0.6 is 23.2 Å². The Balaban J connectivity index is 2.10. The third kappa shape index (κ3) is 3.26. The molecular formula is C17H11Cl2FN4O2. The van der Waals surface area contributed by atoms with Gasteiger partial charge in [0.2, 0.25) is 0 Å². The fraction of sp³-hybridized carbons (Fsp3) is 0. The van der Waals surface area contributed by atoms with E-state index in [1.165, 1.54) is 36.4 Å². The van der Waals surface area contributed by atoms with Crippen molar-refractivity contribution < 1.29 is 9.18 Å². The SMILES string of the molecule is Nc1ncn(-c2c(Cl)cccc2Cl)c(=O)c1C(=O)Nc1ccccc1F. The average Bonchev–Trinajstić information content (AvgIpc) is 2.59. The van der Waals surface area contributed by atoms with Gasteiger partial charge < -0.3 is 11.1 Å². The van der Waals surface area contributed by atoms with Crippen molar-refractivity contribution in [2.75, 3.05) is 11.1 Å². The van der Waals surface area contributed by atoms with Crippen LogP contribution in [0.1, 0.15) is 10.4 Å². The normalized spacial score (nSPS) is 10.6. The molecule has 0 aliphatic heterocycles. The van der Waals surface area contributed by atoms with Crippen LogP contribution in [0.3, 0.4) is 0 Å². The minimum atomic E-state index is -0.900. The molecule has 1 aromatic heterocycles. The molecule has 1 heterocycles. The van der Waals surface area contributed by atoms with E-state index in [1.54, 1.807) is 6.07 Å². The Morgan fingerprint density at radius 2 is 1.77 bits per heavy atom. The largest absolute Gasteiger partial charge is 0.383 e. The van der Waals surface area contributed by atoms with Gasteiger partial charge in [0.05, 0.1) is 21.4 Å². The molecule has 0 aliphatic carbocycles. The molecule has 26 heavy (non-hydrogen) atoms. The van der Waals surface area contributed by atoms with Crippen LogP contribution in [0.2, 0.25) is 10.0 Å². The van der Waals surface area contributed by atoms with Gasteiger partial charge in [-0.1, -0.05) is 41.4 Å². The van der Waals surface area contributed by atoms with Crippen LogP contribution in [-0.4, -0.2) is 15.5 Å². The summed E-state index contributed by atoms with van der Waals surface area (Å²) in [7, 11) is 0. The number of para-hydroxylation sites is 2. The van der Waals surface area contributed by atoms with Crippen molar-refractivity contribution in [1.82, 2.24) is 9.55 Å². The molecule has 0 unspecified atom stereocenters. The van der Waals surface area contributed by atoms with Crippen molar-refractivity contribution in [3.8, 4) is 5.69 Å². The number of nitrogen functional groups attached to an aromatic ring is 1. The van der Waals surface area contributed by atoms with E-state index in [1.807, 2.05) is 0 Å². The number of hydrogen-bond donors (Lipinski definition) is 2. The number of anilines is 2. The molecule has 3 aromatic rings. The van der Waals surface area contributed by atoms with Crippen molar-refractivity contribution >= 4 is 40.6 Å². The quantitative estimate of drug-likeness (QED) is 0.713. The summed E-state index contributed by atoms with van der Waals surface area (Å²) in [5.74, 6) is -1.86. The first-order valence-electron chi connectivity index (χ1n) is 7.27. The maximum Gasteiger partial charge on any atom is 0.273 e. The molecule has 3 N–H and O–H groups in total. The van der Waals surface area contributed by atoms with Crippen LogP contribution in [0.4, 0.5) is 15.9 Å². The number of hydrogen-bond acceptors (Lipinski definition) is 4. The summed E-state index contributed by atoms with van der Waals surface area (Å²) in [6, 6.07) is 10.2. The molecule has 0 bridgehead atoms. The van der Waals surface area contributed by atoms with Crippen LogP contribution in [0, 0.1) is 5.82 Å². The maximum atomic E-state index is 13.7. The molecule has 132 valence electrons. The number of nitrogens with zero attached hydrogens (tertiary/aromatic N) is 2. The second-order valence-corrected chi connectivity index (χ2v) is 6.00. The average molecular weight is 393 g/mol. The van der Waals surface area contributed by atoms with Crippen molar-refractivity contribution in [2.24, 2.45) is 0 Å². The molecule has 1 amide bonds. The zero-order valence-corrected chi connectivity index (χ0v) is 14.6. The van der Waals surface area contributed by atoms with Crippen LogP contribution in [-0.2, 0) is 0 Å². The first-order chi connectivity index (χ1) is 12.4. The molecule has 6 nitrogen and oxygen atoms in total. The van der Waals surface area contributed by atoms with Gasteiger partial charge in [-0.05, 0) is 24.3 Å². The molecular weight excluding hydrogens is 382 g/mol. The molecule has 0 saturated heterocycles. The van der Waals surface area contributed by atoms with Gasteiger partial charge in [0.1, 0.15) is 23.5 Å². The van der Waals surface area contributed by atoms with E-state index in [0.29, 0.717) is 0 Å². The number of benzene rings is 2. The van der Waals surface area contributed by atoms with Crippen molar-refractivity contribution in [3.63, 3.8) is 0 Å². The highest BCUT2D eigenvalue weighted by Crippen LogP contribution is 2.27. The first kappa shape index (κ1) is 17.9. The Kier molecular flexibility index (Phi) is 4.92. The highest BCUT2D eigenvalue weighted by molar-refractivity contribution is 6.37. The van der Waals surface area contributed by atoms with Gasteiger partial charge in [0, 0.05) is 0 Å². The van der Waals surface area contributed by atoms with E-state index in [9.17, 15) is 14.0 Å². The molecule has 9 heteroatoms. The number of halogens is 3. The van der Waals surface area contributed by atoms with Gasteiger partial charge in [0.25, 0.3) is 11.5 Å². The molecule has 0 spiro atoms. The summed E-state index contributed by atoms with van der Waals surface area (Å²) in [5, 5.41) is 2.68. The van der Waals surface area contributed by atoms with Crippen molar-refractivity contribution in [3.05, 3.63) is 80.6 Å². The smallest absolute Gasteiger partial charge is 0.273 e. The molecule has 0 aliphatic rings. The zero-order valence-electron chi connectivity index (χ0n) is 13.0. The number of nitrogens with two attached hydrogens (primary N) is 1. The van der Waals surface area contributed by atoms with Gasteiger partial charge in [-0.15, -0.1) is 0 Å². The van der Waals surface area contributed by atoms with Gasteiger partial charge >= 0.3 is 0 Å². The summed E-state index contributed by atoms with van der Waals surface area (Å²) in [6.07, 6.45) is 1.12. The van der Waals surface area contributed by atoms with E-state index < -0.39 is 22.8 Å². The third-order valence-corrected chi connectivity index (χ3v) is 4.14. The standard InChI is InChI=1S/C17H11Cl2FN4O2/c18-9-4-3-5-10(19)14(9)24-8-22-15(21)13(17(24)26)16(25)23-12-7-2-1-6-11(12)20/h1-8H,21H2,(H,23,25). The summed E-state index contributed by atoms with van der Waals surface area (Å²) in [6.45, 7) is 0. The Hall–Kier alpha value is -2.90. The monoisotopic (exact) mass is 392 g/mol. The lowest BCUT2D eigenvalue weighted by molar-refractivity contribution is 0.102. The van der Waals surface area contributed by atoms with Crippen molar-refractivity contribution in [1.29, 1.82) is 0 Å².